The van der Waals surface area contributed by atoms with Crippen LogP contribution >= 0.6 is 11.6 Å². The summed E-state index contributed by atoms with van der Waals surface area (Å²) < 4.78 is 25.1. The molecule has 1 N–H and O–H groups in total. The zero-order valence-electron chi connectivity index (χ0n) is 21.5. The van der Waals surface area contributed by atoms with E-state index in [0.29, 0.717) is 42.1 Å². The molecule has 8 heteroatoms. The minimum atomic E-state index is -0.643. The predicted octanol–water partition coefficient (Wildman–Crippen LogP) is 5.86. The summed E-state index contributed by atoms with van der Waals surface area (Å²) >= 11 is 6.05. The quantitative estimate of drug-likeness (QED) is 0.399. The molecule has 3 rings (SSSR count). The van der Waals surface area contributed by atoms with Crippen molar-refractivity contribution in [1.29, 1.82) is 0 Å². The Kier molecular flexibility index (Phi) is 9.74. The van der Waals surface area contributed by atoms with Crippen molar-refractivity contribution in [2.24, 2.45) is 5.92 Å². The number of ether oxygens (including phenoxy) is 2. The van der Waals surface area contributed by atoms with Crippen molar-refractivity contribution >= 4 is 23.7 Å². The minimum Gasteiger partial charge on any atom is -0.466 e. The van der Waals surface area contributed by atoms with Crippen LogP contribution in [-0.4, -0.2) is 54.8 Å². The lowest BCUT2D eigenvalue weighted by atomic mass is 9.93. The number of nitrogens with one attached hydrogen (secondary N) is 1. The first kappa shape index (κ1) is 27.9. The van der Waals surface area contributed by atoms with Gasteiger partial charge in [0.15, 0.2) is 0 Å². The molecule has 2 atom stereocenters. The fourth-order valence-corrected chi connectivity index (χ4v) is 4.39. The Hall–Kier alpha value is -2.64. The number of alkyl carbamates (subject to hydrolysis) is 1. The number of rotatable bonds is 10. The normalized spacial score (nSPS) is 15.5. The third-order valence-electron chi connectivity index (χ3n) is 6.01. The number of likely N-dealkylation sites (tertiary alicyclic amines) is 1. The van der Waals surface area contributed by atoms with Crippen molar-refractivity contribution in [3.63, 3.8) is 0 Å². The van der Waals surface area contributed by atoms with Gasteiger partial charge in [0, 0.05) is 23.2 Å². The molecule has 1 aliphatic heterocycles. The second-order valence-corrected chi connectivity index (χ2v) is 10.6. The molecule has 0 spiro atoms. The van der Waals surface area contributed by atoms with Gasteiger partial charge >= 0.3 is 12.1 Å². The number of halogens is 2. The van der Waals surface area contributed by atoms with Gasteiger partial charge in [0.1, 0.15) is 11.4 Å². The predicted molar refractivity (Wildman–Crippen MR) is 140 cm³/mol. The molecule has 1 fully saturated rings. The summed E-state index contributed by atoms with van der Waals surface area (Å²) in [7, 11) is 0. The Balaban J connectivity index is 1.78. The van der Waals surface area contributed by atoms with E-state index in [1.807, 2.05) is 24.3 Å². The average Bonchev–Trinajstić information content (AvgIpc) is 2.76. The number of nitrogens with zero attached hydrogens (tertiary/aromatic N) is 1. The van der Waals surface area contributed by atoms with Gasteiger partial charge in [-0.3, -0.25) is 4.79 Å². The first-order chi connectivity index (χ1) is 17.0. The lowest BCUT2D eigenvalue weighted by Crippen LogP contribution is -2.46. The van der Waals surface area contributed by atoms with Crippen LogP contribution in [0.1, 0.15) is 46.1 Å². The molecule has 0 unspecified atom stereocenters. The summed E-state index contributed by atoms with van der Waals surface area (Å²) in [6, 6.07) is 11.6. The molecule has 196 valence electrons. The second kappa shape index (κ2) is 12.5. The van der Waals surface area contributed by atoms with Gasteiger partial charge in [-0.15, -0.1) is 0 Å². The van der Waals surface area contributed by atoms with Gasteiger partial charge in [-0.2, -0.15) is 0 Å². The maximum absolute atomic E-state index is 14.3. The van der Waals surface area contributed by atoms with Crippen LogP contribution in [0.5, 0.6) is 0 Å². The maximum Gasteiger partial charge on any atom is 0.407 e. The first-order valence-electron chi connectivity index (χ1n) is 12.5. The molecular weight excluding hydrogens is 483 g/mol. The molecule has 2 aromatic rings. The maximum atomic E-state index is 14.3. The van der Waals surface area contributed by atoms with Crippen molar-refractivity contribution in [2.45, 2.75) is 58.6 Å². The van der Waals surface area contributed by atoms with Crippen LogP contribution in [0, 0.1) is 11.7 Å². The SMILES string of the molecule is CCOC(=O)[C@@H](C[C@@H](Cc1ccc(-c2cc(Cl)ccc2F)cc1)NC(=O)OC(C)(C)C)CN1CCC1. The zero-order chi connectivity index (χ0) is 26.3. The highest BCUT2D eigenvalue weighted by molar-refractivity contribution is 6.30. The van der Waals surface area contributed by atoms with E-state index in [9.17, 15) is 14.0 Å². The van der Waals surface area contributed by atoms with Crippen LogP contribution in [0.4, 0.5) is 9.18 Å². The summed E-state index contributed by atoms with van der Waals surface area (Å²) in [6.45, 7) is 10.0. The first-order valence-corrected chi connectivity index (χ1v) is 12.8. The summed E-state index contributed by atoms with van der Waals surface area (Å²) in [5, 5.41) is 3.42. The third kappa shape index (κ3) is 8.49. The van der Waals surface area contributed by atoms with Crippen LogP contribution in [0.25, 0.3) is 11.1 Å². The summed E-state index contributed by atoms with van der Waals surface area (Å²) in [5.74, 6) is -0.975. The van der Waals surface area contributed by atoms with Gasteiger partial charge in [-0.1, -0.05) is 35.9 Å². The van der Waals surface area contributed by atoms with Crippen LogP contribution in [0.15, 0.2) is 42.5 Å². The molecule has 1 heterocycles. The topological polar surface area (TPSA) is 67.9 Å². The molecule has 1 saturated heterocycles. The molecule has 2 aromatic carbocycles. The van der Waals surface area contributed by atoms with Gasteiger partial charge in [-0.25, -0.2) is 9.18 Å². The number of benzene rings is 2. The molecule has 0 saturated carbocycles. The lowest BCUT2D eigenvalue weighted by molar-refractivity contribution is -0.149. The Bertz CT molecular complexity index is 1030. The summed E-state index contributed by atoms with van der Waals surface area (Å²) in [4.78, 5) is 27.6. The molecule has 0 radical (unpaired) electrons. The smallest absolute Gasteiger partial charge is 0.407 e. The van der Waals surface area contributed by atoms with E-state index in [4.69, 9.17) is 21.1 Å². The number of esters is 1. The van der Waals surface area contributed by atoms with E-state index in [-0.39, 0.29) is 23.7 Å². The van der Waals surface area contributed by atoms with Gasteiger partial charge in [0.2, 0.25) is 0 Å². The van der Waals surface area contributed by atoms with E-state index in [1.165, 1.54) is 12.1 Å². The van der Waals surface area contributed by atoms with E-state index in [2.05, 4.69) is 10.2 Å². The average molecular weight is 519 g/mol. The second-order valence-electron chi connectivity index (χ2n) is 10.2. The molecule has 0 aromatic heterocycles. The van der Waals surface area contributed by atoms with Gasteiger partial charge in [0.05, 0.1) is 12.5 Å². The number of hydrogen-bond acceptors (Lipinski definition) is 5. The fraction of sp³-hybridized carbons (Fsp3) is 0.500. The summed E-state index contributed by atoms with van der Waals surface area (Å²) in [6.07, 6.45) is 1.48. The van der Waals surface area contributed by atoms with Gasteiger partial charge in [0.25, 0.3) is 0 Å². The highest BCUT2D eigenvalue weighted by Gasteiger charge is 2.30. The van der Waals surface area contributed by atoms with Gasteiger partial charge in [-0.05, 0) is 89.4 Å². The Morgan fingerprint density at radius 2 is 1.83 bits per heavy atom. The van der Waals surface area contributed by atoms with E-state index in [1.54, 1.807) is 33.8 Å². The van der Waals surface area contributed by atoms with Crippen LogP contribution in [0.2, 0.25) is 5.02 Å². The number of hydrogen-bond donors (Lipinski definition) is 1. The summed E-state index contributed by atoms with van der Waals surface area (Å²) in [5.41, 5.74) is 1.43. The van der Waals surface area contributed by atoms with E-state index < -0.39 is 11.7 Å². The molecule has 1 amide bonds. The monoisotopic (exact) mass is 518 g/mol. The van der Waals surface area contributed by atoms with Crippen molar-refractivity contribution in [3.8, 4) is 11.1 Å². The van der Waals surface area contributed by atoms with Crippen LogP contribution < -0.4 is 5.32 Å². The Labute approximate surface area is 218 Å². The number of amides is 1. The molecule has 36 heavy (non-hydrogen) atoms. The molecular formula is C28H36ClFN2O4. The van der Waals surface area contributed by atoms with Gasteiger partial charge < -0.3 is 19.7 Å². The Morgan fingerprint density at radius 3 is 2.42 bits per heavy atom. The number of carbonyl (C=O) groups excluding carboxylic acids is 2. The van der Waals surface area contributed by atoms with E-state index >= 15 is 0 Å². The molecule has 6 nitrogen and oxygen atoms in total. The minimum absolute atomic E-state index is 0.257. The number of carbonyl (C=O) groups is 2. The van der Waals surface area contributed by atoms with Crippen LogP contribution in [-0.2, 0) is 20.7 Å². The van der Waals surface area contributed by atoms with Crippen molar-refractivity contribution in [3.05, 3.63) is 58.9 Å². The molecule has 0 aliphatic carbocycles. The van der Waals surface area contributed by atoms with E-state index in [0.717, 1.165) is 25.1 Å². The molecule has 1 aliphatic rings. The fourth-order valence-electron chi connectivity index (χ4n) is 4.22. The highest BCUT2D eigenvalue weighted by atomic mass is 35.5. The van der Waals surface area contributed by atoms with Crippen molar-refractivity contribution in [2.75, 3.05) is 26.2 Å². The lowest BCUT2D eigenvalue weighted by Gasteiger charge is -2.34. The van der Waals surface area contributed by atoms with Crippen LogP contribution in [0.3, 0.4) is 0 Å². The standard InChI is InChI=1S/C28H36ClFN2O4/c1-5-35-26(33)21(18-32-13-6-14-32)16-23(31-27(34)36-28(2,3)4)15-19-7-9-20(10-8-19)24-17-22(29)11-12-25(24)30/h7-12,17,21,23H,5-6,13-16,18H2,1-4H3,(H,31,34)/t21-,23+/m0/s1. The third-order valence-corrected chi connectivity index (χ3v) is 6.25. The van der Waals surface area contributed by atoms with Crippen molar-refractivity contribution in [1.82, 2.24) is 10.2 Å². The Morgan fingerprint density at radius 1 is 1.14 bits per heavy atom. The molecule has 0 bridgehead atoms. The largest absolute Gasteiger partial charge is 0.466 e. The highest BCUT2D eigenvalue weighted by Crippen LogP contribution is 2.27. The van der Waals surface area contributed by atoms with Crippen molar-refractivity contribution < 1.29 is 23.5 Å². The zero-order valence-corrected chi connectivity index (χ0v) is 22.2.